The second-order valence-corrected chi connectivity index (χ2v) is 5.67. The van der Waals surface area contributed by atoms with Gasteiger partial charge in [0.15, 0.2) is 0 Å². The zero-order valence-corrected chi connectivity index (χ0v) is 13.2. The van der Waals surface area contributed by atoms with Crippen molar-refractivity contribution in [3.8, 4) is 5.75 Å². The third kappa shape index (κ3) is 3.66. The monoisotopic (exact) mass is 374 g/mol. The van der Waals surface area contributed by atoms with Gasteiger partial charge in [0.25, 0.3) is 0 Å². The van der Waals surface area contributed by atoms with Crippen LogP contribution in [0.3, 0.4) is 0 Å². The van der Waals surface area contributed by atoms with E-state index in [1.807, 2.05) is 0 Å². The van der Waals surface area contributed by atoms with E-state index >= 15 is 0 Å². The van der Waals surface area contributed by atoms with Gasteiger partial charge >= 0.3 is 5.97 Å². The number of carboxylic acid groups (broad SMARTS) is 1. The fraction of sp³-hybridized carbons (Fsp3) is 0.0714. The van der Waals surface area contributed by atoms with Crippen LogP contribution in [0, 0.1) is 0 Å². The molecule has 1 N–H and O–H groups in total. The lowest BCUT2D eigenvalue weighted by Crippen LogP contribution is -2.00. The van der Waals surface area contributed by atoms with Crippen molar-refractivity contribution in [1.82, 2.24) is 0 Å². The summed E-state index contributed by atoms with van der Waals surface area (Å²) in [5.74, 6) is -0.580. The fourth-order valence-electron chi connectivity index (χ4n) is 1.56. The Morgan fingerprint density at radius 1 is 1.20 bits per heavy atom. The van der Waals surface area contributed by atoms with Crippen molar-refractivity contribution in [1.29, 1.82) is 0 Å². The minimum Gasteiger partial charge on any atom is -0.488 e. The molecule has 0 heterocycles. The largest absolute Gasteiger partial charge is 0.488 e. The molecule has 0 amide bonds. The Morgan fingerprint density at radius 3 is 2.65 bits per heavy atom. The zero-order valence-electron chi connectivity index (χ0n) is 10.1. The normalized spacial score (nSPS) is 10.3. The first kappa shape index (κ1) is 15.2. The molecule has 0 atom stereocenters. The summed E-state index contributed by atoms with van der Waals surface area (Å²) in [7, 11) is 0. The highest BCUT2D eigenvalue weighted by atomic mass is 79.9. The first-order valence-electron chi connectivity index (χ1n) is 5.57. The first-order valence-corrected chi connectivity index (χ1v) is 7.12. The molecule has 2 aromatic rings. The number of hydrogen-bond donors (Lipinski definition) is 1. The molecule has 2 rings (SSSR count). The van der Waals surface area contributed by atoms with Crippen LogP contribution >= 0.6 is 39.1 Å². The lowest BCUT2D eigenvalue weighted by Gasteiger charge is -2.10. The third-order valence-corrected chi connectivity index (χ3v) is 3.83. The zero-order chi connectivity index (χ0) is 14.7. The second kappa shape index (κ2) is 6.48. The van der Waals surface area contributed by atoms with Gasteiger partial charge in [-0.1, -0.05) is 23.2 Å². The van der Waals surface area contributed by atoms with E-state index in [4.69, 9.17) is 33.0 Å². The number of rotatable bonds is 4. The number of aromatic carboxylic acids is 1. The number of hydrogen-bond acceptors (Lipinski definition) is 2. The van der Waals surface area contributed by atoms with Crippen LogP contribution in [0.1, 0.15) is 15.9 Å². The Balaban J connectivity index is 2.20. The molecule has 2 aromatic carbocycles. The van der Waals surface area contributed by atoms with Crippen LogP contribution in [0.25, 0.3) is 0 Å². The average Bonchev–Trinajstić information content (AvgIpc) is 2.41. The average molecular weight is 376 g/mol. The molecule has 0 fully saturated rings. The molecule has 0 bridgehead atoms. The van der Waals surface area contributed by atoms with Gasteiger partial charge in [-0.05, 0) is 52.3 Å². The number of carboxylic acids is 1. The third-order valence-electron chi connectivity index (χ3n) is 2.57. The van der Waals surface area contributed by atoms with Crippen LogP contribution in [0.5, 0.6) is 5.75 Å². The summed E-state index contributed by atoms with van der Waals surface area (Å²) in [6, 6.07) is 9.65. The van der Waals surface area contributed by atoms with E-state index in [0.717, 1.165) is 5.56 Å². The number of ether oxygens (including phenoxy) is 1. The maximum Gasteiger partial charge on any atom is 0.335 e. The van der Waals surface area contributed by atoms with E-state index in [0.29, 0.717) is 20.3 Å². The summed E-state index contributed by atoms with van der Waals surface area (Å²) in [5, 5.41) is 10.1. The minimum absolute atomic E-state index is 0.153. The van der Waals surface area contributed by atoms with E-state index in [9.17, 15) is 4.79 Å². The quantitative estimate of drug-likeness (QED) is 0.814. The van der Waals surface area contributed by atoms with Gasteiger partial charge in [0.1, 0.15) is 12.4 Å². The smallest absolute Gasteiger partial charge is 0.335 e. The fourth-order valence-corrected chi connectivity index (χ4v) is 2.28. The van der Waals surface area contributed by atoms with Gasteiger partial charge < -0.3 is 9.84 Å². The molecule has 6 heteroatoms. The topological polar surface area (TPSA) is 46.5 Å². The molecule has 20 heavy (non-hydrogen) atoms. The van der Waals surface area contributed by atoms with Crippen molar-refractivity contribution in [3.05, 3.63) is 62.0 Å². The molecule has 104 valence electrons. The van der Waals surface area contributed by atoms with Crippen LogP contribution in [-0.2, 0) is 6.61 Å². The predicted octanol–water partition coefficient (Wildman–Crippen LogP) is 5.03. The molecule has 0 spiro atoms. The minimum atomic E-state index is -1.01. The molecule has 0 aliphatic rings. The highest BCUT2D eigenvalue weighted by Crippen LogP contribution is 2.28. The molecule has 0 saturated heterocycles. The molecule has 0 unspecified atom stereocenters. The van der Waals surface area contributed by atoms with Crippen molar-refractivity contribution < 1.29 is 14.6 Å². The standard InChI is InChI=1S/C14H9BrCl2O3/c15-11-3-1-8(14(18)19)6-13(11)20-7-9-5-10(16)2-4-12(9)17/h1-6H,7H2,(H,18,19). The maximum atomic E-state index is 10.9. The van der Waals surface area contributed by atoms with Crippen LogP contribution in [0.15, 0.2) is 40.9 Å². The van der Waals surface area contributed by atoms with Crippen molar-refractivity contribution >= 4 is 45.1 Å². The molecule has 0 aromatic heterocycles. The van der Waals surface area contributed by atoms with Gasteiger partial charge in [-0.15, -0.1) is 0 Å². The van der Waals surface area contributed by atoms with Crippen LogP contribution < -0.4 is 4.74 Å². The Morgan fingerprint density at radius 2 is 1.95 bits per heavy atom. The summed E-state index contributed by atoms with van der Waals surface area (Å²) < 4.78 is 6.26. The molecular weight excluding hydrogens is 367 g/mol. The number of carbonyl (C=O) groups is 1. The first-order chi connectivity index (χ1) is 9.47. The lowest BCUT2D eigenvalue weighted by molar-refractivity contribution is 0.0696. The molecule has 3 nitrogen and oxygen atoms in total. The Labute approximate surface area is 134 Å². The Bertz CT molecular complexity index is 659. The van der Waals surface area contributed by atoms with Crippen LogP contribution in [0.2, 0.25) is 10.0 Å². The van der Waals surface area contributed by atoms with E-state index in [2.05, 4.69) is 15.9 Å². The highest BCUT2D eigenvalue weighted by Gasteiger charge is 2.09. The summed E-state index contributed by atoms with van der Waals surface area (Å²) >= 11 is 15.2. The number of benzene rings is 2. The Hall–Kier alpha value is -1.23. The molecule has 0 radical (unpaired) electrons. The van der Waals surface area contributed by atoms with Gasteiger partial charge in [-0.2, -0.15) is 0 Å². The van der Waals surface area contributed by atoms with Crippen molar-refractivity contribution in [2.75, 3.05) is 0 Å². The van der Waals surface area contributed by atoms with E-state index in [-0.39, 0.29) is 12.2 Å². The van der Waals surface area contributed by atoms with Gasteiger partial charge in [0, 0.05) is 15.6 Å². The van der Waals surface area contributed by atoms with Gasteiger partial charge in [0.05, 0.1) is 10.0 Å². The SMILES string of the molecule is O=C(O)c1ccc(Br)c(OCc2cc(Cl)ccc2Cl)c1. The molecule has 0 aliphatic carbocycles. The van der Waals surface area contributed by atoms with Crippen molar-refractivity contribution in [2.24, 2.45) is 0 Å². The van der Waals surface area contributed by atoms with Gasteiger partial charge in [0.2, 0.25) is 0 Å². The van der Waals surface area contributed by atoms with Crippen LogP contribution in [-0.4, -0.2) is 11.1 Å². The number of halogens is 3. The predicted molar refractivity (Wildman–Crippen MR) is 81.9 cm³/mol. The summed E-state index contributed by atoms with van der Waals surface area (Å²) in [4.78, 5) is 10.9. The summed E-state index contributed by atoms with van der Waals surface area (Å²) in [6.45, 7) is 0.196. The van der Waals surface area contributed by atoms with Crippen LogP contribution in [0.4, 0.5) is 0 Å². The summed E-state index contributed by atoms with van der Waals surface area (Å²) in [6.07, 6.45) is 0. The van der Waals surface area contributed by atoms with E-state index < -0.39 is 5.97 Å². The van der Waals surface area contributed by atoms with Gasteiger partial charge in [-0.3, -0.25) is 0 Å². The molecular formula is C14H9BrCl2O3. The molecule has 0 aliphatic heterocycles. The second-order valence-electron chi connectivity index (χ2n) is 3.97. The van der Waals surface area contributed by atoms with E-state index in [1.165, 1.54) is 12.1 Å². The van der Waals surface area contributed by atoms with Crippen molar-refractivity contribution in [3.63, 3.8) is 0 Å². The molecule has 0 saturated carbocycles. The maximum absolute atomic E-state index is 10.9. The lowest BCUT2D eigenvalue weighted by atomic mass is 10.2. The Kier molecular flexibility index (Phi) is 4.91. The summed E-state index contributed by atoms with van der Waals surface area (Å²) in [5.41, 5.74) is 0.882. The highest BCUT2D eigenvalue weighted by molar-refractivity contribution is 9.10. The van der Waals surface area contributed by atoms with Gasteiger partial charge in [-0.25, -0.2) is 4.79 Å². The van der Waals surface area contributed by atoms with E-state index in [1.54, 1.807) is 24.3 Å². The van der Waals surface area contributed by atoms with Crippen molar-refractivity contribution in [2.45, 2.75) is 6.61 Å².